The van der Waals surface area contributed by atoms with Gasteiger partial charge in [0, 0.05) is 5.71 Å². The number of halogens is 2. The number of hydrazone groups is 1. The van der Waals surface area contributed by atoms with Gasteiger partial charge in [-0.25, -0.2) is 13.8 Å². The number of nitrogens with one attached hydrogen (secondary N) is 1. The van der Waals surface area contributed by atoms with E-state index in [1.807, 2.05) is 0 Å². The average molecular weight is 454 g/mol. The molecule has 2 aromatic carbocycles. The van der Waals surface area contributed by atoms with E-state index in [4.69, 9.17) is 23.2 Å². The Labute approximate surface area is 180 Å². The molecule has 1 aliphatic rings. The van der Waals surface area contributed by atoms with Crippen LogP contribution in [0.25, 0.3) is 0 Å². The molecule has 9 heteroatoms. The fourth-order valence-corrected chi connectivity index (χ4v) is 4.78. The molecular weight excluding hydrogens is 433 g/mol. The van der Waals surface area contributed by atoms with Crippen LogP contribution in [0.5, 0.6) is 0 Å². The van der Waals surface area contributed by atoms with E-state index in [-0.39, 0.29) is 15.6 Å². The molecule has 1 N–H and O–H groups in total. The number of nitrogens with zero attached hydrogens (tertiary/aromatic N) is 2. The van der Waals surface area contributed by atoms with E-state index in [2.05, 4.69) is 10.5 Å². The number of sulfonamides is 1. The first-order valence-electron chi connectivity index (χ1n) is 9.25. The van der Waals surface area contributed by atoms with Gasteiger partial charge < -0.3 is 0 Å². The molecule has 0 aliphatic heterocycles. The maximum Gasteiger partial charge on any atom is 0.264 e. The Balaban J connectivity index is 1.88. The second-order valence-electron chi connectivity index (χ2n) is 6.70. The third kappa shape index (κ3) is 5.50. The van der Waals surface area contributed by atoms with Gasteiger partial charge in [0.1, 0.15) is 6.54 Å². The van der Waals surface area contributed by atoms with E-state index in [9.17, 15) is 13.2 Å². The highest BCUT2D eigenvalue weighted by Gasteiger charge is 2.27. The molecule has 6 nitrogen and oxygen atoms in total. The summed E-state index contributed by atoms with van der Waals surface area (Å²) < 4.78 is 27.4. The Bertz CT molecular complexity index is 1000. The van der Waals surface area contributed by atoms with Crippen molar-refractivity contribution in [2.24, 2.45) is 5.10 Å². The highest BCUT2D eigenvalue weighted by molar-refractivity contribution is 7.92. The van der Waals surface area contributed by atoms with Crippen LogP contribution in [0.2, 0.25) is 10.0 Å². The van der Waals surface area contributed by atoms with Crippen molar-refractivity contribution in [3.05, 3.63) is 58.6 Å². The lowest BCUT2D eigenvalue weighted by atomic mass is 9.99. The van der Waals surface area contributed by atoms with Crippen molar-refractivity contribution in [1.29, 1.82) is 0 Å². The molecule has 0 unspecified atom stereocenters. The molecule has 3 rings (SSSR count). The Morgan fingerprint density at radius 2 is 1.69 bits per heavy atom. The van der Waals surface area contributed by atoms with Crippen molar-refractivity contribution in [2.45, 2.75) is 37.0 Å². The Morgan fingerprint density at radius 3 is 2.34 bits per heavy atom. The minimum Gasteiger partial charge on any atom is -0.271 e. The normalized spacial score (nSPS) is 14.3. The van der Waals surface area contributed by atoms with Crippen molar-refractivity contribution in [3.63, 3.8) is 0 Å². The minimum atomic E-state index is -4.00. The van der Waals surface area contributed by atoms with Gasteiger partial charge in [-0.15, -0.1) is 0 Å². The van der Waals surface area contributed by atoms with Crippen LogP contribution in [0.3, 0.4) is 0 Å². The van der Waals surface area contributed by atoms with Crippen LogP contribution < -0.4 is 9.73 Å². The third-order valence-electron chi connectivity index (χ3n) is 4.58. The third-order valence-corrected chi connectivity index (χ3v) is 7.11. The molecule has 0 heterocycles. The van der Waals surface area contributed by atoms with Crippen LogP contribution in [-0.4, -0.2) is 26.6 Å². The summed E-state index contributed by atoms with van der Waals surface area (Å²) in [4.78, 5) is 12.6. The molecule has 1 aliphatic carbocycles. The number of carbonyl (C=O) groups is 1. The summed E-state index contributed by atoms with van der Waals surface area (Å²) in [6.07, 6.45) is 4.95. The lowest BCUT2D eigenvalue weighted by Gasteiger charge is -2.24. The molecule has 1 saturated carbocycles. The number of amides is 1. The first-order chi connectivity index (χ1) is 13.9. The maximum atomic E-state index is 13.2. The Hall–Kier alpha value is -2.09. The lowest BCUT2D eigenvalue weighted by Crippen LogP contribution is -2.39. The van der Waals surface area contributed by atoms with E-state index < -0.39 is 22.5 Å². The monoisotopic (exact) mass is 453 g/mol. The average Bonchev–Trinajstić information content (AvgIpc) is 2.74. The zero-order valence-corrected chi connectivity index (χ0v) is 18.0. The van der Waals surface area contributed by atoms with Crippen molar-refractivity contribution in [1.82, 2.24) is 5.43 Å². The zero-order chi connectivity index (χ0) is 20.9. The number of benzene rings is 2. The molecule has 0 bridgehead atoms. The van der Waals surface area contributed by atoms with E-state index in [1.165, 1.54) is 30.3 Å². The summed E-state index contributed by atoms with van der Waals surface area (Å²) in [5, 5.41) is 4.65. The number of hydrogen-bond donors (Lipinski definition) is 1. The SMILES string of the molecule is O=C(CN(c1ccc(Cl)c(Cl)c1)S(=O)(=O)c1ccccc1)NN=C1CCCCC1. The van der Waals surface area contributed by atoms with Gasteiger partial charge in [0.2, 0.25) is 0 Å². The lowest BCUT2D eigenvalue weighted by molar-refractivity contribution is -0.119. The maximum absolute atomic E-state index is 13.2. The van der Waals surface area contributed by atoms with Gasteiger partial charge in [-0.05, 0) is 56.0 Å². The molecular formula is C20H21Cl2N3O3S. The smallest absolute Gasteiger partial charge is 0.264 e. The van der Waals surface area contributed by atoms with Gasteiger partial charge in [0.15, 0.2) is 0 Å². The van der Waals surface area contributed by atoms with Crippen LogP contribution in [0, 0.1) is 0 Å². The van der Waals surface area contributed by atoms with Crippen LogP contribution >= 0.6 is 23.2 Å². The summed E-state index contributed by atoms with van der Waals surface area (Å²) in [6.45, 7) is -0.439. The summed E-state index contributed by atoms with van der Waals surface area (Å²) in [5.41, 5.74) is 3.65. The number of anilines is 1. The molecule has 154 valence electrons. The molecule has 2 aromatic rings. The minimum absolute atomic E-state index is 0.0671. The van der Waals surface area contributed by atoms with Gasteiger partial charge in [0.25, 0.3) is 15.9 Å². The van der Waals surface area contributed by atoms with Crippen molar-refractivity contribution in [3.8, 4) is 0 Å². The zero-order valence-electron chi connectivity index (χ0n) is 15.6. The summed E-state index contributed by atoms with van der Waals surface area (Å²) >= 11 is 12.0. The predicted octanol–water partition coefficient (Wildman–Crippen LogP) is 4.63. The van der Waals surface area contributed by atoms with Gasteiger partial charge in [-0.2, -0.15) is 5.10 Å². The highest BCUT2D eigenvalue weighted by Crippen LogP contribution is 2.30. The fourth-order valence-electron chi connectivity index (χ4n) is 3.05. The van der Waals surface area contributed by atoms with Crippen LogP contribution in [0.1, 0.15) is 32.1 Å². The molecule has 0 radical (unpaired) electrons. The molecule has 0 saturated heterocycles. The van der Waals surface area contributed by atoms with Crippen molar-refractivity contribution >= 4 is 50.5 Å². The van der Waals surface area contributed by atoms with Gasteiger partial charge >= 0.3 is 0 Å². The first kappa shape index (κ1) is 21.6. The molecule has 0 spiro atoms. The van der Waals surface area contributed by atoms with Gasteiger partial charge in [-0.3, -0.25) is 9.10 Å². The van der Waals surface area contributed by atoms with Crippen LogP contribution in [0.15, 0.2) is 58.5 Å². The second kappa shape index (κ2) is 9.61. The van der Waals surface area contributed by atoms with E-state index in [1.54, 1.807) is 18.2 Å². The second-order valence-corrected chi connectivity index (χ2v) is 9.37. The topological polar surface area (TPSA) is 78.8 Å². The summed E-state index contributed by atoms with van der Waals surface area (Å²) in [5.74, 6) is -0.534. The fraction of sp³-hybridized carbons (Fsp3) is 0.300. The van der Waals surface area contributed by atoms with Gasteiger partial charge in [-0.1, -0.05) is 47.8 Å². The number of rotatable bonds is 6. The molecule has 1 amide bonds. The molecule has 1 fully saturated rings. The summed E-state index contributed by atoms with van der Waals surface area (Å²) in [7, 11) is -4.00. The van der Waals surface area contributed by atoms with Crippen molar-refractivity contribution in [2.75, 3.05) is 10.8 Å². The van der Waals surface area contributed by atoms with E-state index in [0.29, 0.717) is 5.02 Å². The standard InChI is InChI=1S/C20H21Cl2N3O3S/c21-18-12-11-16(13-19(18)22)25(29(27,28)17-9-5-2-6-10-17)14-20(26)24-23-15-7-3-1-4-8-15/h2,5-6,9-13H,1,3-4,7-8,14H2,(H,24,26). The first-order valence-corrected chi connectivity index (χ1v) is 11.4. The Kier molecular flexibility index (Phi) is 7.16. The van der Waals surface area contributed by atoms with E-state index >= 15 is 0 Å². The largest absolute Gasteiger partial charge is 0.271 e. The van der Waals surface area contributed by atoms with Gasteiger partial charge in [0.05, 0.1) is 20.6 Å². The molecule has 29 heavy (non-hydrogen) atoms. The van der Waals surface area contributed by atoms with Crippen LogP contribution in [0.4, 0.5) is 5.69 Å². The van der Waals surface area contributed by atoms with Crippen molar-refractivity contribution < 1.29 is 13.2 Å². The predicted molar refractivity (Wildman–Crippen MR) is 116 cm³/mol. The van der Waals surface area contributed by atoms with E-state index in [0.717, 1.165) is 42.1 Å². The Morgan fingerprint density at radius 1 is 1.00 bits per heavy atom. The van der Waals surface area contributed by atoms with Crippen LogP contribution in [-0.2, 0) is 14.8 Å². The molecule has 0 atom stereocenters. The number of carbonyl (C=O) groups excluding carboxylic acids is 1. The number of hydrogen-bond acceptors (Lipinski definition) is 4. The highest BCUT2D eigenvalue weighted by atomic mass is 35.5. The quantitative estimate of drug-likeness (QED) is 0.647. The summed E-state index contributed by atoms with van der Waals surface area (Å²) in [6, 6.07) is 12.3. The molecule has 0 aromatic heterocycles.